The normalized spacial score (nSPS) is 12.1. The minimum atomic E-state index is -0.0460. The van der Waals surface area contributed by atoms with Crippen LogP contribution in [0, 0.1) is 0 Å². The minimum absolute atomic E-state index is 0. The highest BCUT2D eigenvalue weighted by Gasteiger charge is 2.16. The number of rotatable bonds is 7. The zero-order valence-corrected chi connectivity index (χ0v) is 15.8. The van der Waals surface area contributed by atoms with Crippen LogP contribution in [0.1, 0.15) is 20.3 Å². The summed E-state index contributed by atoms with van der Waals surface area (Å²) in [6.45, 7) is 7.04. The molecule has 0 atom stereocenters. The second-order valence-electron chi connectivity index (χ2n) is 5.31. The summed E-state index contributed by atoms with van der Waals surface area (Å²) in [6, 6.07) is 5.62. The lowest BCUT2D eigenvalue weighted by Gasteiger charge is -2.16. The molecule has 1 N–H and O–H groups in total. The van der Waals surface area contributed by atoms with E-state index in [1.54, 1.807) is 0 Å². The van der Waals surface area contributed by atoms with Crippen LogP contribution in [-0.4, -0.2) is 47.4 Å². The molecule has 7 nitrogen and oxygen atoms in total. The predicted molar refractivity (Wildman–Crippen MR) is 99.8 cm³/mol. The summed E-state index contributed by atoms with van der Waals surface area (Å²) in [4.78, 5) is 14.2. The van der Waals surface area contributed by atoms with Gasteiger partial charge in [0, 0.05) is 18.5 Å². The van der Waals surface area contributed by atoms with E-state index >= 15 is 0 Å². The number of nitrogens with zero attached hydrogens (tertiary/aromatic N) is 3. The molecule has 0 spiro atoms. The molecule has 2 heterocycles. The van der Waals surface area contributed by atoms with Crippen LogP contribution in [0.2, 0.25) is 0 Å². The van der Waals surface area contributed by atoms with E-state index < -0.39 is 0 Å². The van der Waals surface area contributed by atoms with Gasteiger partial charge in [0.05, 0.1) is 0 Å². The predicted octanol–water partition coefficient (Wildman–Crippen LogP) is 3.03. The van der Waals surface area contributed by atoms with Gasteiger partial charge in [-0.3, -0.25) is 4.79 Å². The van der Waals surface area contributed by atoms with Crippen molar-refractivity contribution in [2.24, 2.45) is 0 Å². The third-order valence-corrected chi connectivity index (χ3v) is 4.73. The van der Waals surface area contributed by atoms with Crippen molar-refractivity contribution < 1.29 is 14.3 Å². The fourth-order valence-corrected chi connectivity index (χ4v) is 3.16. The zero-order valence-electron chi connectivity index (χ0n) is 14.2. The Hall–Kier alpha value is -1.90. The van der Waals surface area contributed by atoms with Gasteiger partial charge < -0.3 is 19.7 Å². The second-order valence-corrected chi connectivity index (χ2v) is 6.28. The van der Waals surface area contributed by atoms with Crippen LogP contribution in [0.3, 0.4) is 0 Å². The summed E-state index contributed by atoms with van der Waals surface area (Å²) in [7, 11) is 0. The highest BCUT2D eigenvalue weighted by molar-refractivity contribution is 7.18. The molecule has 0 unspecified atom stereocenters. The van der Waals surface area contributed by atoms with E-state index in [0.717, 1.165) is 36.0 Å². The Bertz CT molecular complexity index is 721. The van der Waals surface area contributed by atoms with E-state index in [9.17, 15) is 4.79 Å². The van der Waals surface area contributed by atoms with Gasteiger partial charge in [0.2, 0.25) is 17.8 Å². The Kier molecular flexibility index (Phi) is 6.98. The van der Waals surface area contributed by atoms with Crippen molar-refractivity contribution in [2.75, 3.05) is 31.7 Å². The van der Waals surface area contributed by atoms with Gasteiger partial charge in [0.15, 0.2) is 11.5 Å². The first-order chi connectivity index (χ1) is 11.7. The van der Waals surface area contributed by atoms with Crippen LogP contribution in [-0.2, 0) is 4.79 Å². The first-order valence-electron chi connectivity index (χ1n) is 7.95. The van der Waals surface area contributed by atoms with E-state index in [4.69, 9.17) is 9.47 Å². The molecule has 25 heavy (non-hydrogen) atoms. The maximum absolute atomic E-state index is 12.0. The molecule has 1 amide bonds. The molecule has 0 fully saturated rings. The lowest BCUT2D eigenvalue weighted by Crippen LogP contribution is -2.27. The SMILES string of the molecule is CCN(CC)CCC(=O)Nc1nnc(-c2ccc3c(c2)OCO3)s1.Cl. The van der Waals surface area contributed by atoms with Crippen LogP contribution in [0.25, 0.3) is 10.6 Å². The van der Waals surface area contributed by atoms with Crippen molar-refractivity contribution >= 4 is 34.8 Å². The summed E-state index contributed by atoms with van der Waals surface area (Å²) < 4.78 is 10.7. The number of anilines is 1. The third-order valence-electron chi connectivity index (χ3n) is 3.84. The number of carbonyl (C=O) groups excluding carboxylic acids is 1. The van der Waals surface area contributed by atoms with Crippen LogP contribution in [0.4, 0.5) is 5.13 Å². The third kappa shape index (κ3) is 4.81. The minimum Gasteiger partial charge on any atom is -0.454 e. The number of aromatic nitrogens is 2. The molecular formula is C16H21ClN4O3S. The monoisotopic (exact) mass is 384 g/mol. The number of fused-ring (bicyclic) bond motifs is 1. The van der Waals surface area contributed by atoms with Crippen LogP contribution >= 0.6 is 23.7 Å². The Morgan fingerprint density at radius 2 is 2.00 bits per heavy atom. The number of carbonyl (C=O) groups is 1. The van der Waals surface area contributed by atoms with Crippen molar-refractivity contribution in [1.82, 2.24) is 15.1 Å². The van der Waals surface area contributed by atoms with Gasteiger partial charge in [0.1, 0.15) is 5.01 Å². The van der Waals surface area contributed by atoms with Gasteiger partial charge in [-0.05, 0) is 31.3 Å². The summed E-state index contributed by atoms with van der Waals surface area (Å²) in [5.74, 6) is 1.39. The topological polar surface area (TPSA) is 76.6 Å². The van der Waals surface area contributed by atoms with Crippen molar-refractivity contribution in [3.8, 4) is 22.1 Å². The average Bonchev–Trinajstić information content (AvgIpc) is 3.24. The van der Waals surface area contributed by atoms with Gasteiger partial charge in [-0.25, -0.2) is 0 Å². The molecule has 0 aliphatic carbocycles. The number of ether oxygens (including phenoxy) is 2. The molecule has 2 aromatic rings. The van der Waals surface area contributed by atoms with Gasteiger partial charge in [-0.15, -0.1) is 22.6 Å². The molecule has 1 aliphatic heterocycles. The van der Waals surface area contributed by atoms with Crippen molar-refractivity contribution in [2.45, 2.75) is 20.3 Å². The second kappa shape index (κ2) is 8.98. The highest BCUT2D eigenvalue weighted by atomic mass is 35.5. The number of hydrogen-bond donors (Lipinski definition) is 1. The molecule has 0 saturated carbocycles. The van der Waals surface area contributed by atoms with E-state index in [1.165, 1.54) is 11.3 Å². The first kappa shape index (κ1) is 19.4. The Morgan fingerprint density at radius 3 is 2.76 bits per heavy atom. The molecule has 1 aliphatic rings. The Morgan fingerprint density at radius 1 is 1.24 bits per heavy atom. The number of halogens is 1. The zero-order chi connectivity index (χ0) is 16.9. The van der Waals surface area contributed by atoms with Gasteiger partial charge >= 0.3 is 0 Å². The van der Waals surface area contributed by atoms with Gasteiger partial charge in [-0.2, -0.15) is 0 Å². The van der Waals surface area contributed by atoms with Crippen molar-refractivity contribution in [3.63, 3.8) is 0 Å². The maximum atomic E-state index is 12.0. The van der Waals surface area contributed by atoms with Crippen LogP contribution in [0.15, 0.2) is 18.2 Å². The molecular weight excluding hydrogens is 364 g/mol. The number of benzene rings is 1. The van der Waals surface area contributed by atoms with E-state index in [-0.39, 0.29) is 25.1 Å². The smallest absolute Gasteiger partial charge is 0.231 e. The average molecular weight is 385 g/mol. The molecule has 0 bridgehead atoms. The van der Waals surface area contributed by atoms with Gasteiger partial charge in [-0.1, -0.05) is 25.2 Å². The van der Waals surface area contributed by atoms with Crippen LogP contribution < -0.4 is 14.8 Å². The van der Waals surface area contributed by atoms with Crippen molar-refractivity contribution in [1.29, 1.82) is 0 Å². The molecule has 0 saturated heterocycles. The van der Waals surface area contributed by atoms with Gasteiger partial charge in [0.25, 0.3) is 0 Å². The van der Waals surface area contributed by atoms with Crippen LogP contribution in [0.5, 0.6) is 11.5 Å². The number of amides is 1. The molecule has 0 radical (unpaired) electrons. The van der Waals surface area contributed by atoms with E-state index in [1.807, 2.05) is 18.2 Å². The molecule has 1 aromatic heterocycles. The van der Waals surface area contributed by atoms with Crippen molar-refractivity contribution in [3.05, 3.63) is 18.2 Å². The van der Waals surface area contributed by atoms with E-state index in [0.29, 0.717) is 17.3 Å². The van der Waals surface area contributed by atoms with E-state index in [2.05, 4.69) is 34.3 Å². The largest absolute Gasteiger partial charge is 0.454 e. The molecule has 136 valence electrons. The number of nitrogens with one attached hydrogen (secondary N) is 1. The summed E-state index contributed by atoms with van der Waals surface area (Å²) in [6.07, 6.45) is 0.445. The molecule has 3 rings (SSSR count). The summed E-state index contributed by atoms with van der Waals surface area (Å²) >= 11 is 1.34. The fourth-order valence-electron chi connectivity index (χ4n) is 2.40. The standard InChI is InChI=1S/C16H20N4O3S.ClH/c1-3-20(4-2)8-7-14(21)17-16-19-18-15(24-16)11-5-6-12-13(9-11)23-10-22-12;/h5-6,9H,3-4,7-8,10H2,1-2H3,(H,17,19,21);1H. The quantitative estimate of drug-likeness (QED) is 0.790. The molecule has 9 heteroatoms. The fraction of sp³-hybridized carbons (Fsp3) is 0.438. The number of hydrogen-bond acceptors (Lipinski definition) is 7. The summed E-state index contributed by atoms with van der Waals surface area (Å²) in [5, 5.41) is 12.2. The molecule has 1 aromatic carbocycles. The maximum Gasteiger partial charge on any atom is 0.231 e. The summed E-state index contributed by atoms with van der Waals surface area (Å²) in [5.41, 5.74) is 0.889. The lowest BCUT2D eigenvalue weighted by molar-refractivity contribution is -0.116. The Balaban J connectivity index is 0.00000225. The Labute approximate surface area is 156 Å². The lowest BCUT2D eigenvalue weighted by atomic mass is 10.2. The highest BCUT2D eigenvalue weighted by Crippen LogP contribution is 2.37. The first-order valence-corrected chi connectivity index (χ1v) is 8.77.